The van der Waals surface area contributed by atoms with Crippen LogP contribution < -0.4 is 10.1 Å². The summed E-state index contributed by atoms with van der Waals surface area (Å²) in [6, 6.07) is 12.5. The van der Waals surface area contributed by atoms with Crippen LogP contribution in [0.5, 0.6) is 5.75 Å². The molecule has 3 rings (SSSR count). The summed E-state index contributed by atoms with van der Waals surface area (Å²) in [5, 5.41) is 2.28. The summed E-state index contributed by atoms with van der Waals surface area (Å²) in [5.74, 6) is -3.16. The molecular weight excluding hydrogens is 546 g/mol. The largest absolute Gasteiger partial charge is 0.467 e. The maximum Gasteiger partial charge on any atom is 0.410 e. The van der Waals surface area contributed by atoms with Crippen LogP contribution in [0.3, 0.4) is 0 Å². The number of piperazine rings is 1. The molecule has 1 N–H and O–H groups in total. The van der Waals surface area contributed by atoms with Gasteiger partial charge < -0.3 is 29.2 Å². The van der Waals surface area contributed by atoms with E-state index < -0.39 is 35.5 Å². The molecule has 2 aromatic carbocycles. The van der Waals surface area contributed by atoms with Crippen LogP contribution in [0.2, 0.25) is 0 Å². The number of rotatable bonds is 8. The summed E-state index contributed by atoms with van der Waals surface area (Å²) in [5.41, 5.74) is 1.42. The molecule has 0 spiro atoms. The van der Waals surface area contributed by atoms with Gasteiger partial charge in [-0.25, -0.2) is 19.2 Å². The van der Waals surface area contributed by atoms with Gasteiger partial charge in [0.05, 0.1) is 19.8 Å². The molecule has 0 radical (unpaired) electrons. The Labute approximate surface area is 244 Å². The van der Waals surface area contributed by atoms with E-state index in [1.165, 1.54) is 7.11 Å². The molecule has 1 saturated heterocycles. The second-order valence-electron chi connectivity index (χ2n) is 10.7. The zero-order chi connectivity index (χ0) is 30.9. The summed E-state index contributed by atoms with van der Waals surface area (Å²) in [4.78, 5) is 64.4. The molecule has 0 aliphatic carbocycles. The number of carbonyl (C=O) groups excluding carboxylic acids is 5. The number of hydrogen-bond donors (Lipinski definition) is 1. The first-order chi connectivity index (χ1) is 19.9. The van der Waals surface area contributed by atoms with E-state index in [4.69, 9.17) is 14.2 Å². The second-order valence-corrected chi connectivity index (χ2v) is 10.7. The van der Waals surface area contributed by atoms with Crippen molar-refractivity contribution in [3.8, 4) is 5.75 Å². The first-order valence-electron chi connectivity index (χ1n) is 13.5. The molecule has 1 fully saturated rings. The van der Waals surface area contributed by atoms with Gasteiger partial charge in [-0.05, 0) is 56.2 Å². The van der Waals surface area contributed by atoms with Crippen LogP contribution in [0.15, 0.2) is 48.5 Å². The van der Waals surface area contributed by atoms with Crippen molar-refractivity contribution in [2.45, 2.75) is 45.4 Å². The Hall–Kier alpha value is -4.45. The van der Waals surface area contributed by atoms with Crippen molar-refractivity contribution in [1.29, 1.82) is 0 Å². The van der Waals surface area contributed by atoms with Crippen LogP contribution >= 0.6 is 0 Å². The molecule has 0 aromatic heterocycles. The van der Waals surface area contributed by atoms with Crippen molar-refractivity contribution < 1.29 is 42.9 Å². The molecular formula is C30H37N3O9. The molecule has 2 amide bonds. The van der Waals surface area contributed by atoms with Crippen molar-refractivity contribution in [2.24, 2.45) is 0 Å². The predicted octanol–water partition coefficient (Wildman–Crippen LogP) is 2.33. The Morgan fingerprint density at radius 2 is 1.55 bits per heavy atom. The Morgan fingerprint density at radius 1 is 0.881 bits per heavy atom. The number of methoxy groups -OCH3 is 2. The van der Waals surface area contributed by atoms with Gasteiger partial charge in [0, 0.05) is 39.1 Å². The van der Waals surface area contributed by atoms with Crippen molar-refractivity contribution >= 4 is 29.9 Å². The van der Waals surface area contributed by atoms with Crippen LogP contribution in [0, 0.1) is 0 Å². The van der Waals surface area contributed by atoms with E-state index in [1.807, 2.05) is 26.8 Å². The number of hydrogen-bond acceptors (Lipinski definition) is 10. The van der Waals surface area contributed by atoms with Crippen LogP contribution in [0.4, 0.5) is 4.79 Å². The molecule has 1 aliphatic rings. The third kappa shape index (κ3) is 9.58. The zero-order valence-electron chi connectivity index (χ0n) is 24.5. The lowest BCUT2D eigenvalue weighted by Crippen LogP contribution is -2.49. The highest BCUT2D eigenvalue weighted by Crippen LogP contribution is 2.18. The Balaban J connectivity index is 1.55. The lowest BCUT2D eigenvalue weighted by Gasteiger charge is -2.35. The van der Waals surface area contributed by atoms with E-state index in [0.29, 0.717) is 49.6 Å². The number of amides is 2. The smallest absolute Gasteiger partial charge is 0.410 e. The Morgan fingerprint density at radius 3 is 2.14 bits per heavy atom. The number of ether oxygens (including phenoxy) is 4. The van der Waals surface area contributed by atoms with Gasteiger partial charge in [-0.3, -0.25) is 9.69 Å². The number of nitrogens with one attached hydrogen (secondary N) is 1. The van der Waals surface area contributed by atoms with Crippen LogP contribution in [-0.2, 0) is 41.6 Å². The predicted molar refractivity (Wildman–Crippen MR) is 151 cm³/mol. The maximum atomic E-state index is 12.8. The molecule has 12 nitrogen and oxygen atoms in total. The van der Waals surface area contributed by atoms with Gasteiger partial charge in [-0.2, -0.15) is 0 Å². The molecule has 42 heavy (non-hydrogen) atoms. The first-order valence-corrected chi connectivity index (χ1v) is 13.5. The van der Waals surface area contributed by atoms with E-state index >= 15 is 0 Å². The van der Waals surface area contributed by atoms with E-state index in [2.05, 4.69) is 15.0 Å². The van der Waals surface area contributed by atoms with E-state index in [0.717, 1.165) is 12.7 Å². The quantitative estimate of drug-likeness (QED) is 0.213. The third-order valence-electron chi connectivity index (χ3n) is 6.33. The lowest BCUT2D eigenvalue weighted by atomic mass is 10.1. The van der Waals surface area contributed by atoms with Gasteiger partial charge in [-0.15, -0.1) is 0 Å². The van der Waals surface area contributed by atoms with Crippen molar-refractivity contribution in [3.05, 3.63) is 65.2 Å². The minimum atomic E-state index is -1.13. The van der Waals surface area contributed by atoms with Crippen molar-refractivity contribution in [2.75, 3.05) is 40.4 Å². The first kappa shape index (κ1) is 32.1. The topological polar surface area (TPSA) is 141 Å². The van der Waals surface area contributed by atoms with Crippen LogP contribution in [0.1, 0.15) is 42.3 Å². The summed E-state index contributed by atoms with van der Waals surface area (Å²) in [6.45, 7) is 8.63. The SMILES string of the molecule is COC(=O)C(=O)N[C@H](Cc1ccc(OC(=O)c2cccc(CN3CCN(C(=O)OC(C)(C)C)CC3)c2)cc1)C(=O)OC. The van der Waals surface area contributed by atoms with Crippen molar-refractivity contribution in [1.82, 2.24) is 15.1 Å². The van der Waals surface area contributed by atoms with Crippen molar-refractivity contribution in [3.63, 3.8) is 0 Å². The summed E-state index contributed by atoms with van der Waals surface area (Å²) in [6.07, 6.45) is -0.272. The number of carbonyl (C=O) groups is 5. The van der Waals surface area contributed by atoms with Gasteiger partial charge in [0.1, 0.15) is 17.4 Å². The molecule has 1 heterocycles. The average molecular weight is 584 g/mol. The minimum absolute atomic E-state index is 0.0394. The number of benzene rings is 2. The molecule has 0 unspecified atom stereocenters. The fraction of sp³-hybridized carbons (Fsp3) is 0.433. The zero-order valence-corrected chi connectivity index (χ0v) is 24.5. The highest BCUT2D eigenvalue weighted by Gasteiger charge is 2.27. The molecule has 0 bridgehead atoms. The average Bonchev–Trinajstić information content (AvgIpc) is 2.96. The normalized spacial score (nSPS) is 14.4. The number of nitrogens with zero attached hydrogens (tertiary/aromatic N) is 2. The van der Waals surface area contributed by atoms with Gasteiger partial charge in [0.25, 0.3) is 0 Å². The standard InChI is InChI=1S/C30H37N3O9/c1-30(2,3)42-29(38)33-15-13-32(14-16-33)19-21-7-6-8-22(17-21)26(35)41-23-11-9-20(10-12-23)18-24(27(36)39-4)31-25(34)28(37)40-5/h6-12,17,24H,13-16,18-19H2,1-5H3,(H,31,34)/t24-/m1/s1. The Kier molecular flexibility index (Phi) is 11.0. The lowest BCUT2D eigenvalue weighted by molar-refractivity contribution is -0.154. The number of esters is 3. The van der Waals surface area contributed by atoms with E-state index in [9.17, 15) is 24.0 Å². The molecule has 0 saturated carbocycles. The second kappa shape index (κ2) is 14.4. The fourth-order valence-corrected chi connectivity index (χ4v) is 4.21. The highest BCUT2D eigenvalue weighted by molar-refractivity contribution is 6.32. The van der Waals surface area contributed by atoms with E-state index in [1.54, 1.807) is 47.4 Å². The van der Waals surface area contributed by atoms with Gasteiger partial charge in [-0.1, -0.05) is 24.3 Å². The molecule has 1 aliphatic heterocycles. The molecule has 12 heteroatoms. The summed E-state index contributed by atoms with van der Waals surface area (Å²) in [7, 11) is 2.23. The molecule has 1 atom stereocenters. The van der Waals surface area contributed by atoms with Gasteiger partial charge in [0.15, 0.2) is 0 Å². The Bertz CT molecular complexity index is 1280. The fourth-order valence-electron chi connectivity index (χ4n) is 4.21. The van der Waals surface area contributed by atoms with Crippen LogP contribution in [0.25, 0.3) is 0 Å². The highest BCUT2D eigenvalue weighted by atomic mass is 16.6. The third-order valence-corrected chi connectivity index (χ3v) is 6.33. The minimum Gasteiger partial charge on any atom is -0.467 e. The monoisotopic (exact) mass is 583 g/mol. The molecule has 2 aromatic rings. The van der Waals surface area contributed by atoms with Crippen LogP contribution in [-0.4, -0.2) is 91.7 Å². The summed E-state index contributed by atoms with van der Waals surface area (Å²) >= 11 is 0. The maximum absolute atomic E-state index is 12.8. The summed E-state index contributed by atoms with van der Waals surface area (Å²) < 4.78 is 20.1. The van der Waals surface area contributed by atoms with Gasteiger partial charge >= 0.3 is 29.9 Å². The van der Waals surface area contributed by atoms with E-state index in [-0.39, 0.29) is 12.5 Å². The molecule has 226 valence electrons. The van der Waals surface area contributed by atoms with Gasteiger partial charge in [0.2, 0.25) is 0 Å².